The Hall–Kier alpha value is -0.870. The van der Waals surface area contributed by atoms with Crippen molar-refractivity contribution < 1.29 is 4.79 Å². The largest absolute Gasteiger partial charge is 0.333 e. The molecule has 1 aromatic rings. The zero-order chi connectivity index (χ0) is 14.1. The van der Waals surface area contributed by atoms with Crippen molar-refractivity contribution in [3.8, 4) is 0 Å². The Labute approximate surface area is 125 Å². The molecular weight excluding hydrogens is 268 g/mol. The Kier molecular flexibility index (Phi) is 4.13. The van der Waals surface area contributed by atoms with Crippen molar-refractivity contribution in [3.05, 3.63) is 21.9 Å². The molecule has 2 fully saturated rings. The lowest BCUT2D eigenvalue weighted by Crippen LogP contribution is -2.48. The topological polar surface area (TPSA) is 23.6 Å². The summed E-state index contributed by atoms with van der Waals surface area (Å²) in [7, 11) is 0. The molecule has 2 saturated heterocycles. The molecule has 3 heterocycles. The van der Waals surface area contributed by atoms with Gasteiger partial charge in [-0.1, -0.05) is 6.92 Å². The molecule has 0 aliphatic carbocycles. The number of carbonyl (C=O) groups is 1. The van der Waals surface area contributed by atoms with Crippen LogP contribution in [0.3, 0.4) is 0 Å². The van der Waals surface area contributed by atoms with Gasteiger partial charge in [0, 0.05) is 18.6 Å². The molecule has 2 aliphatic rings. The van der Waals surface area contributed by atoms with Crippen molar-refractivity contribution in [3.63, 3.8) is 0 Å². The molecule has 110 valence electrons. The first-order valence-corrected chi connectivity index (χ1v) is 8.69. The van der Waals surface area contributed by atoms with E-state index in [1.54, 1.807) is 11.3 Å². The molecule has 1 amide bonds. The summed E-state index contributed by atoms with van der Waals surface area (Å²) in [5.41, 5.74) is 1.13. The minimum Gasteiger partial charge on any atom is -0.333 e. The number of carbonyl (C=O) groups excluding carboxylic acids is 1. The van der Waals surface area contributed by atoms with Crippen molar-refractivity contribution in [2.45, 2.75) is 51.6 Å². The molecule has 1 aromatic heterocycles. The van der Waals surface area contributed by atoms with Crippen LogP contribution in [0, 0.1) is 6.92 Å². The Morgan fingerprint density at radius 3 is 2.75 bits per heavy atom. The Morgan fingerprint density at radius 1 is 1.30 bits per heavy atom. The van der Waals surface area contributed by atoms with Gasteiger partial charge in [-0.05, 0) is 62.7 Å². The third-order valence-corrected chi connectivity index (χ3v) is 5.89. The van der Waals surface area contributed by atoms with E-state index in [2.05, 4.69) is 22.8 Å². The SMILES string of the molecule is CCN1CCC[C@H]1[C@H]1CCCN1C(=O)c1sccc1C. The molecule has 0 aromatic carbocycles. The maximum Gasteiger partial charge on any atom is 0.264 e. The molecule has 3 rings (SSSR count). The van der Waals surface area contributed by atoms with Gasteiger partial charge < -0.3 is 4.90 Å². The standard InChI is InChI=1S/C16H24N2OS/c1-3-17-9-4-6-13(17)14-7-5-10-18(14)16(19)15-12(2)8-11-20-15/h8,11,13-14H,3-7,9-10H2,1-2H3/t13-,14+/m0/s1. The highest BCUT2D eigenvalue weighted by Crippen LogP contribution is 2.32. The quantitative estimate of drug-likeness (QED) is 0.854. The van der Waals surface area contributed by atoms with Gasteiger partial charge >= 0.3 is 0 Å². The molecule has 2 aliphatic heterocycles. The van der Waals surface area contributed by atoms with E-state index in [1.165, 1.54) is 25.8 Å². The summed E-state index contributed by atoms with van der Waals surface area (Å²) in [6, 6.07) is 3.08. The predicted octanol–water partition coefficient (Wildman–Crippen LogP) is 3.15. The number of aryl methyl sites for hydroxylation is 1. The molecule has 3 nitrogen and oxygen atoms in total. The summed E-state index contributed by atoms with van der Waals surface area (Å²) in [6.45, 7) is 7.54. The Bertz CT molecular complexity index is 485. The fraction of sp³-hybridized carbons (Fsp3) is 0.688. The third-order valence-electron chi connectivity index (χ3n) is 4.88. The maximum absolute atomic E-state index is 12.8. The number of thiophene rings is 1. The normalized spacial score (nSPS) is 27.4. The van der Waals surface area contributed by atoms with E-state index < -0.39 is 0 Å². The Morgan fingerprint density at radius 2 is 2.05 bits per heavy atom. The molecule has 0 N–H and O–H groups in total. The van der Waals surface area contributed by atoms with Crippen LogP contribution in [0.25, 0.3) is 0 Å². The van der Waals surface area contributed by atoms with Crippen LogP contribution in [0.2, 0.25) is 0 Å². The van der Waals surface area contributed by atoms with Gasteiger partial charge in [0.1, 0.15) is 0 Å². The van der Waals surface area contributed by atoms with E-state index in [-0.39, 0.29) is 5.91 Å². The number of amides is 1. The van der Waals surface area contributed by atoms with Crippen molar-refractivity contribution in [1.29, 1.82) is 0 Å². The van der Waals surface area contributed by atoms with E-state index in [0.29, 0.717) is 12.1 Å². The van der Waals surface area contributed by atoms with Gasteiger partial charge in [0.25, 0.3) is 5.91 Å². The van der Waals surface area contributed by atoms with Crippen molar-refractivity contribution >= 4 is 17.2 Å². The summed E-state index contributed by atoms with van der Waals surface area (Å²) in [6.07, 6.45) is 4.88. The highest BCUT2D eigenvalue weighted by molar-refractivity contribution is 7.12. The predicted molar refractivity (Wildman–Crippen MR) is 83.4 cm³/mol. The first kappa shape index (κ1) is 14.1. The first-order valence-electron chi connectivity index (χ1n) is 7.81. The number of likely N-dealkylation sites (N-methyl/N-ethyl adjacent to an activating group) is 1. The summed E-state index contributed by atoms with van der Waals surface area (Å²) in [5.74, 6) is 0.267. The summed E-state index contributed by atoms with van der Waals surface area (Å²) < 4.78 is 0. The number of nitrogens with zero attached hydrogens (tertiary/aromatic N) is 2. The fourth-order valence-corrected chi connectivity index (χ4v) is 4.73. The highest BCUT2D eigenvalue weighted by Gasteiger charge is 2.39. The van der Waals surface area contributed by atoms with E-state index in [4.69, 9.17) is 0 Å². The second-order valence-electron chi connectivity index (χ2n) is 5.98. The third kappa shape index (κ3) is 2.40. The maximum atomic E-state index is 12.8. The van der Waals surface area contributed by atoms with E-state index in [0.717, 1.165) is 30.0 Å². The summed E-state index contributed by atoms with van der Waals surface area (Å²) >= 11 is 1.59. The lowest BCUT2D eigenvalue weighted by Gasteiger charge is -2.34. The minimum absolute atomic E-state index is 0.267. The van der Waals surface area contributed by atoms with Gasteiger partial charge in [-0.15, -0.1) is 11.3 Å². The van der Waals surface area contributed by atoms with Gasteiger partial charge in [0.2, 0.25) is 0 Å². The second-order valence-corrected chi connectivity index (χ2v) is 6.90. The molecule has 0 radical (unpaired) electrons. The van der Waals surface area contributed by atoms with Gasteiger partial charge in [0.15, 0.2) is 0 Å². The van der Waals surface area contributed by atoms with Gasteiger partial charge in [-0.25, -0.2) is 0 Å². The molecule has 0 unspecified atom stereocenters. The van der Waals surface area contributed by atoms with E-state index in [9.17, 15) is 4.79 Å². The lowest BCUT2D eigenvalue weighted by atomic mass is 10.0. The molecule has 4 heteroatoms. The van der Waals surface area contributed by atoms with E-state index >= 15 is 0 Å². The summed E-state index contributed by atoms with van der Waals surface area (Å²) in [4.78, 5) is 18.5. The number of hydrogen-bond donors (Lipinski definition) is 0. The van der Waals surface area contributed by atoms with Crippen LogP contribution < -0.4 is 0 Å². The second kappa shape index (κ2) is 5.86. The molecule has 2 atom stereocenters. The molecule has 0 saturated carbocycles. The van der Waals surface area contributed by atoms with E-state index in [1.807, 2.05) is 12.3 Å². The van der Waals surface area contributed by atoms with Crippen LogP contribution in [0.1, 0.15) is 47.8 Å². The zero-order valence-corrected chi connectivity index (χ0v) is 13.3. The molecule has 0 bridgehead atoms. The molecule has 0 spiro atoms. The lowest BCUT2D eigenvalue weighted by molar-refractivity contribution is 0.0654. The highest BCUT2D eigenvalue weighted by atomic mass is 32.1. The molecule has 20 heavy (non-hydrogen) atoms. The monoisotopic (exact) mass is 292 g/mol. The average Bonchev–Trinajstić information content (AvgIpc) is 3.17. The zero-order valence-electron chi connectivity index (χ0n) is 12.5. The van der Waals surface area contributed by atoms with Crippen LogP contribution in [-0.2, 0) is 0 Å². The minimum atomic E-state index is 0.267. The average molecular weight is 292 g/mol. The summed E-state index contributed by atoms with van der Waals surface area (Å²) in [5, 5.41) is 2.03. The van der Waals surface area contributed by atoms with Crippen LogP contribution in [0.5, 0.6) is 0 Å². The smallest absolute Gasteiger partial charge is 0.264 e. The van der Waals surface area contributed by atoms with Crippen LogP contribution in [0.4, 0.5) is 0 Å². The number of hydrogen-bond acceptors (Lipinski definition) is 3. The van der Waals surface area contributed by atoms with Crippen molar-refractivity contribution in [1.82, 2.24) is 9.80 Å². The van der Waals surface area contributed by atoms with Crippen molar-refractivity contribution in [2.75, 3.05) is 19.6 Å². The van der Waals surface area contributed by atoms with Gasteiger partial charge in [-0.3, -0.25) is 9.69 Å². The number of likely N-dealkylation sites (tertiary alicyclic amines) is 2. The fourth-order valence-electron chi connectivity index (χ4n) is 3.85. The van der Waals surface area contributed by atoms with Crippen LogP contribution in [0.15, 0.2) is 11.4 Å². The van der Waals surface area contributed by atoms with Crippen LogP contribution >= 0.6 is 11.3 Å². The van der Waals surface area contributed by atoms with Crippen molar-refractivity contribution in [2.24, 2.45) is 0 Å². The number of rotatable bonds is 3. The van der Waals surface area contributed by atoms with Gasteiger partial charge in [-0.2, -0.15) is 0 Å². The molecular formula is C16H24N2OS. The Balaban J connectivity index is 1.79. The van der Waals surface area contributed by atoms with Crippen LogP contribution in [-0.4, -0.2) is 47.4 Å². The first-order chi connectivity index (χ1) is 9.72. The van der Waals surface area contributed by atoms with Gasteiger partial charge in [0.05, 0.1) is 4.88 Å².